The number of thiocarbonyl (C=S) groups is 1. The highest BCUT2D eigenvalue weighted by molar-refractivity contribution is 9.10. The summed E-state index contributed by atoms with van der Waals surface area (Å²) in [7, 11) is 0. The van der Waals surface area contributed by atoms with Crippen LogP contribution in [0.25, 0.3) is 0 Å². The van der Waals surface area contributed by atoms with Crippen molar-refractivity contribution in [3.63, 3.8) is 0 Å². The van der Waals surface area contributed by atoms with Crippen molar-refractivity contribution in [3.8, 4) is 0 Å². The first-order chi connectivity index (χ1) is 9.06. The van der Waals surface area contributed by atoms with Crippen LogP contribution in [-0.4, -0.2) is 58.4 Å². The average molecular weight is 343 g/mol. The predicted molar refractivity (Wildman–Crippen MR) is 81.1 cm³/mol. The summed E-state index contributed by atoms with van der Waals surface area (Å²) < 4.78 is 0.811. The lowest BCUT2D eigenvalue weighted by molar-refractivity contribution is 0.0654. The normalized spacial score (nSPS) is 16.4. The molecule has 1 saturated heterocycles. The van der Waals surface area contributed by atoms with Gasteiger partial charge in [0.1, 0.15) is 0 Å². The maximum Gasteiger partial charge on any atom is 0.255 e. The molecule has 5 nitrogen and oxygen atoms in total. The Labute approximate surface area is 125 Å². The molecule has 0 spiro atoms. The third-order valence-corrected chi connectivity index (χ3v) is 3.55. The second-order valence-electron chi connectivity index (χ2n) is 4.43. The molecule has 102 valence electrons. The minimum absolute atomic E-state index is 0.0174. The Hall–Kier alpha value is -1.05. The van der Waals surface area contributed by atoms with Gasteiger partial charge in [-0.25, -0.2) is 0 Å². The van der Waals surface area contributed by atoms with Crippen LogP contribution >= 0.6 is 28.1 Å². The summed E-state index contributed by atoms with van der Waals surface area (Å²) in [6.45, 7) is 3.59. The number of halogens is 1. The van der Waals surface area contributed by atoms with Crippen LogP contribution < -0.4 is 5.73 Å². The van der Waals surface area contributed by atoms with Gasteiger partial charge in [0.15, 0.2) is 0 Å². The smallest absolute Gasteiger partial charge is 0.255 e. The summed E-state index contributed by atoms with van der Waals surface area (Å²) in [6, 6.07) is 1.79. The van der Waals surface area contributed by atoms with E-state index in [1.54, 1.807) is 18.5 Å². The van der Waals surface area contributed by atoms with Gasteiger partial charge in [0.2, 0.25) is 0 Å². The van der Waals surface area contributed by atoms with Crippen LogP contribution in [0, 0.1) is 0 Å². The Morgan fingerprint density at radius 1 is 1.37 bits per heavy atom. The van der Waals surface area contributed by atoms with Gasteiger partial charge in [-0.2, -0.15) is 0 Å². The van der Waals surface area contributed by atoms with Gasteiger partial charge in [-0.1, -0.05) is 12.2 Å². The Bertz CT molecular complexity index is 488. The largest absolute Gasteiger partial charge is 0.392 e. The number of amides is 1. The van der Waals surface area contributed by atoms with E-state index in [1.165, 1.54) is 0 Å². The lowest BCUT2D eigenvalue weighted by Gasteiger charge is -2.34. The van der Waals surface area contributed by atoms with E-state index in [1.807, 2.05) is 4.90 Å². The minimum atomic E-state index is 0.0174. The SMILES string of the molecule is NC(=S)CN1CCN(C(=O)c2cncc(Br)c2)CC1. The van der Waals surface area contributed by atoms with Crippen LogP contribution in [0.2, 0.25) is 0 Å². The Morgan fingerprint density at radius 3 is 2.63 bits per heavy atom. The molecule has 0 saturated carbocycles. The molecule has 0 aliphatic carbocycles. The number of hydrogen-bond donors (Lipinski definition) is 1. The van der Waals surface area contributed by atoms with Crippen molar-refractivity contribution in [1.29, 1.82) is 0 Å². The van der Waals surface area contributed by atoms with Crippen molar-refractivity contribution < 1.29 is 4.79 Å². The molecule has 7 heteroatoms. The van der Waals surface area contributed by atoms with E-state index in [2.05, 4.69) is 25.8 Å². The molecule has 19 heavy (non-hydrogen) atoms. The molecule has 2 rings (SSSR count). The van der Waals surface area contributed by atoms with Gasteiger partial charge < -0.3 is 10.6 Å². The summed E-state index contributed by atoms with van der Waals surface area (Å²) in [4.78, 5) is 20.8. The van der Waals surface area contributed by atoms with E-state index >= 15 is 0 Å². The van der Waals surface area contributed by atoms with Crippen molar-refractivity contribution in [3.05, 3.63) is 28.5 Å². The zero-order valence-electron chi connectivity index (χ0n) is 10.4. The van der Waals surface area contributed by atoms with E-state index in [-0.39, 0.29) is 5.91 Å². The third-order valence-electron chi connectivity index (χ3n) is 2.99. The lowest BCUT2D eigenvalue weighted by atomic mass is 10.2. The second kappa shape index (κ2) is 6.40. The van der Waals surface area contributed by atoms with Gasteiger partial charge in [-0.3, -0.25) is 14.7 Å². The van der Waals surface area contributed by atoms with E-state index < -0.39 is 0 Å². The predicted octanol–water partition coefficient (Wildman–Crippen LogP) is 0.888. The van der Waals surface area contributed by atoms with Crippen LogP contribution in [0.4, 0.5) is 0 Å². The molecule has 1 aromatic heterocycles. The van der Waals surface area contributed by atoms with Gasteiger partial charge in [0.25, 0.3) is 5.91 Å². The fraction of sp³-hybridized carbons (Fsp3) is 0.417. The number of rotatable bonds is 3. The number of carbonyl (C=O) groups excluding carboxylic acids is 1. The van der Waals surface area contributed by atoms with Crippen molar-refractivity contribution in [2.24, 2.45) is 5.73 Å². The highest BCUT2D eigenvalue weighted by Crippen LogP contribution is 2.13. The molecule has 2 heterocycles. The molecule has 1 aromatic rings. The van der Waals surface area contributed by atoms with E-state index in [0.717, 1.165) is 17.6 Å². The first-order valence-corrected chi connectivity index (χ1v) is 7.17. The van der Waals surface area contributed by atoms with Crippen LogP contribution in [-0.2, 0) is 0 Å². The van der Waals surface area contributed by atoms with Crippen LogP contribution in [0.5, 0.6) is 0 Å². The molecular weight excluding hydrogens is 328 g/mol. The summed E-state index contributed by atoms with van der Waals surface area (Å²) in [5.41, 5.74) is 6.13. The molecule has 1 aliphatic heterocycles. The molecule has 0 aromatic carbocycles. The lowest BCUT2D eigenvalue weighted by Crippen LogP contribution is -2.50. The fourth-order valence-electron chi connectivity index (χ4n) is 2.04. The first kappa shape index (κ1) is 14.4. The maximum atomic E-state index is 12.3. The molecule has 1 amide bonds. The second-order valence-corrected chi connectivity index (χ2v) is 5.87. The number of pyridine rings is 1. The van der Waals surface area contributed by atoms with E-state index in [0.29, 0.717) is 30.2 Å². The Kier molecular flexibility index (Phi) is 4.84. The molecule has 0 unspecified atom stereocenters. The topological polar surface area (TPSA) is 62.5 Å². The summed E-state index contributed by atoms with van der Waals surface area (Å²) in [5, 5.41) is 0. The van der Waals surface area contributed by atoms with Gasteiger partial charge in [0, 0.05) is 49.6 Å². The van der Waals surface area contributed by atoms with Gasteiger partial charge >= 0.3 is 0 Å². The molecular formula is C12H15BrN4OS. The highest BCUT2D eigenvalue weighted by atomic mass is 79.9. The summed E-state index contributed by atoms with van der Waals surface area (Å²) in [5.74, 6) is 0.0174. The highest BCUT2D eigenvalue weighted by Gasteiger charge is 2.22. The standard InChI is InChI=1S/C12H15BrN4OS/c13-10-5-9(6-15-7-10)12(18)17-3-1-16(2-4-17)8-11(14)19/h5-7H,1-4,8H2,(H2,14,19). The fourth-order valence-corrected chi connectivity index (χ4v) is 2.59. The zero-order valence-corrected chi connectivity index (χ0v) is 12.8. The number of nitrogens with zero attached hydrogens (tertiary/aromatic N) is 3. The number of hydrogen-bond acceptors (Lipinski definition) is 4. The quantitative estimate of drug-likeness (QED) is 0.826. The van der Waals surface area contributed by atoms with Crippen LogP contribution in [0.1, 0.15) is 10.4 Å². The Morgan fingerprint density at radius 2 is 2.05 bits per heavy atom. The molecule has 2 N–H and O–H groups in total. The minimum Gasteiger partial charge on any atom is -0.392 e. The summed E-state index contributed by atoms with van der Waals surface area (Å²) >= 11 is 8.21. The summed E-state index contributed by atoms with van der Waals surface area (Å²) in [6.07, 6.45) is 3.26. The molecule has 0 atom stereocenters. The Balaban J connectivity index is 1.94. The van der Waals surface area contributed by atoms with E-state index in [4.69, 9.17) is 18.0 Å². The van der Waals surface area contributed by atoms with Crippen molar-refractivity contribution >= 4 is 39.0 Å². The van der Waals surface area contributed by atoms with Crippen molar-refractivity contribution in [2.75, 3.05) is 32.7 Å². The number of carbonyl (C=O) groups is 1. The van der Waals surface area contributed by atoms with Crippen molar-refractivity contribution in [2.45, 2.75) is 0 Å². The first-order valence-electron chi connectivity index (χ1n) is 5.97. The number of piperazine rings is 1. The third kappa shape index (κ3) is 3.95. The van der Waals surface area contributed by atoms with Crippen molar-refractivity contribution in [1.82, 2.24) is 14.8 Å². The van der Waals surface area contributed by atoms with Gasteiger partial charge in [-0.05, 0) is 22.0 Å². The number of aromatic nitrogens is 1. The van der Waals surface area contributed by atoms with Gasteiger partial charge in [0.05, 0.1) is 10.6 Å². The molecule has 0 bridgehead atoms. The maximum absolute atomic E-state index is 12.3. The van der Waals surface area contributed by atoms with Gasteiger partial charge in [-0.15, -0.1) is 0 Å². The monoisotopic (exact) mass is 342 g/mol. The zero-order chi connectivity index (χ0) is 13.8. The average Bonchev–Trinajstić information content (AvgIpc) is 2.38. The molecule has 1 fully saturated rings. The van der Waals surface area contributed by atoms with Crippen LogP contribution in [0.3, 0.4) is 0 Å². The molecule has 1 aliphatic rings. The van der Waals surface area contributed by atoms with Crippen LogP contribution in [0.15, 0.2) is 22.9 Å². The van der Waals surface area contributed by atoms with E-state index in [9.17, 15) is 4.79 Å². The number of nitrogens with two attached hydrogens (primary N) is 1. The molecule has 0 radical (unpaired) electrons.